The molecule has 140 valence electrons. The molecule has 0 spiro atoms. The Bertz CT molecular complexity index is 941. The van der Waals surface area contributed by atoms with Crippen LogP contribution < -0.4 is 5.32 Å². The second-order valence-corrected chi connectivity index (χ2v) is 6.11. The molecule has 0 fully saturated rings. The fourth-order valence-corrected chi connectivity index (χ4v) is 2.34. The largest absolute Gasteiger partial charge is 0.334 e. The average molecular weight is 372 g/mol. The van der Waals surface area contributed by atoms with Gasteiger partial charge in [-0.3, -0.25) is 0 Å². The number of nitrogens with one attached hydrogen (secondary N) is 1. The molecular weight excluding hydrogens is 354 g/mol. The molecule has 0 radical (unpaired) electrons. The summed E-state index contributed by atoms with van der Waals surface area (Å²) in [5.74, 6) is -0.679. The van der Waals surface area contributed by atoms with Crippen LogP contribution in [0.1, 0.15) is 11.4 Å². The molecule has 2 amide bonds. The van der Waals surface area contributed by atoms with Gasteiger partial charge in [0.15, 0.2) is 5.82 Å². The average Bonchev–Trinajstić information content (AvgIpc) is 3.11. The van der Waals surface area contributed by atoms with Gasteiger partial charge in [-0.2, -0.15) is 4.98 Å². The summed E-state index contributed by atoms with van der Waals surface area (Å²) in [7, 11) is 1.55. The summed E-state index contributed by atoms with van der Waals surface area (Å²) in [4.78, 5) is 17.8. The molecule has 3 aromatic rings. The van der Waals surface area contributed by atoms with Crippen LogP contribution in [0.3, 0.4) is 0 Å². The predicted molar refractivity (Wildman–Crippen MR) is 96.2 cm³/mol. The van der Waals surface area contributed by atoms with Crippen LogP contribution in [0, 0.1) is 18.6 Å². The summed E-state index contributed by atoms with van der Waals surface area (Å²) < 4.78 is 31.8. The lowest BCUT2D eigenvalue weighted by Crippen LogP contribution is -2.33. The van der Waals surface area contributed by atoms with E-state index in [9.17, 15) is 13.6 Å². The summed E-state index contributed by atoms with van der Waals surface area (Å²) in [6.07, 6.45) is 0.366. The molecule has 0 saturated heterocycles. The van der Waals surface area contributed by atoms with Crippen molar-refractivity contribution in [1.82, 2.24) is 15.0 Å². The Labute approximate surface area is 154 Å². The van der Waals surface area contributed by atoms with Gasteiger partial charge in [0.1, 0.15) is 11.6 Å². The van der Waals surface area contributed by atoms with E-state index in [-0.39, 0.29) is 5.69 Å². The van der Waals surface area contributed by atoms with Crippen molar-refractivity contribution in [3.05, 3.63) is 65.5 Å². The molecule has 3 rings (SSSR count). The van der Waals surface area contributed by atoms with E-state index in [4.69, 9.17) is 4.52 Å². The zero-order valence-corrected chi connectivity index (χ0v) is 14.9. The lowest BCUT2D eigenvalue weighted by Gasteiger charge is -2.17. The third-order valence-corrected chi connectivity index (χ3v) is 3.96. The highest BCUT2D eigenvalue weighted by atomic mass is 19.1. The number of amides is 2. The Morgan fingerprint density at radius 1 is 1.19 bits per heavy atom. The number of carbonyl (C=O) groups is 1. The van der Waals surface area contributed by atoms with Crippen molar-refractivity contribution in [2.75, 3.05) is 18.9 Å². The number of aromatic nitrogens is 2. The van der Waals surface area contributed by atoms with Gasteiger partial charge in [0, 0.05) is 31.6 Å². The van der Waals surface area contributed by atoms with E-state index >= 15 is 0 Å². The molecule has 0 aliphatic heterocycles. The quantitative estimate of drug-likeness (QED) is 0.734. The van der Waals surface area contributed by atoms with Gasteiger partial charge in [-0.15, -0.1) is 0 Å². The lowest BCUT2D eigenvalue weighted by atomic mass is 10.1. The highest BCUT2D eigenvalue weighted by Crippen LogP contribution is 2.18. The molecule has 2 aromatic carbocycles. The van der Waals surface area contributed by atoms with Crippen LogP contribution in [0.25, 0.3) is 11.5 Å². The number of likely N-dealkylation sites (N-methyl/N-ethyl adjacent to an activating group) is 1. The van der Waals surface area contributed by atoms with Crippen molar-refractivity contribution < 1.29 is 18.1 Å². The minimum Gasteiger partial charge on any atom is -0.334 e. The summed E-state index contributed by atoms with van der Waals surface area (Å²) in [5.41, 5.74) is 1.86. The highest BCUT2D eigenvalue weighted by molar-refractivity contribution is 5.89. The van der Waals surface area contributed by atoms with E-state index in [1.165, 1.54) is 11.0 Å². The van der Waals surface area contributed by atoms with Crippen molar-refractivity contribution >= 4 is 11.7 Å². The first-order valence-corrected chi connectivity index (χ1v) is 8.29. The number of aryl methyl sites for hydroxylation is 1. The van der Waals surface area contributed by atoms with Crippen LogP contribution in [0.4, 0.5) is 19.3 Å². The number of rotatable bonds is 5. The zero-order chi connectivity index (χ0) is 19.4. The second-order valence-electron chi connectivity index (χ2n) is 6.11. The highest BCUT2D eigenvalue weighted by Gasteiger charge is 2.14. The van der Waals surface area contributed by atoms with Gasteiger partial charge in [-0.25, -0.2) is 13.6 Å². The number of halogens is 2. The summed E-state index contributed by atoms with van der Waals surface area (Å²) in [6, 6.07) is 10.1. The molecule has 0 bridgehead atoms. The Morgan fingerprint density at radius 3 is 2.63 bits per heavy atom. The molecule has 1 aromatic heterocycles. The van der Waals surface area contributed by atoms with E-state index < -0.39 is 17.7 Å². The fraction of sp³-hybridized carbons (Fsp3) is 0.211. The monoisotopic (exact) mass is 372 g/mol. The third-order valence-electron chi connectivity index (χ3n) is 3.96. The standard InChI is InChI=1S/C19H18F2N4O2/c1-12-3-5-13(6-4-12)18-23-17(24-27-18)9-10-25(2)19(26)22-16-8-7-14(20)11-15(16)21/h3-8,11H,9-10H2,1-2H3,(H,22,26). The minimum absolute atomic E-state index is 0.0885. The molecule has 0 unspecified atom stereocenters. The molecule has 6 nitrogen and oxygen atoms in total. The number of benzene rings is 2. The molecule has 1 heterocycles. The molecule has 0 saturated carbocycles. The smallest absolute Gasteiger partial charge is 0.321 e. The number of urea groups is 1. The van der Waals surface area contributed by atoms with Crippen LogP contribution in [0.2, 0.25) is 0 Å². The Balaban J connectivity index is 1.56. The summed E-state index contributed by atoms with van der Waals surface area (Å²) in [5, 5.41) is 6.30. The van der Waals surface area contributed by atoms with Gasteiger partial charge < -0.3 is 14.7 Å². The molecule has 0 atom stereocenters. The van der Waals surface area contributed by atoms with Gasteiger partial charge in [0.25, 0.3) is 5.89 Å². The number of hydrogen-bond donors (Lipinski definition) is 1. The normalized spacial score (nSPS) is 10.7. The van der Waals surface area contributed by atoms with Crippen LogP contribution in [-0.2, 0) is 6.42 Å². The van der Waals surface area contributed by atoms with Gasteiger partial charge in [0.05, 0.1) is 5.69 Å². The van der Waals surface area contributed by atoms with Crippen LogP contribution in [0.15, 0.2) is 47.0 Å². The molecular formula is C19H18F2N4O2. The van der Waals surface area contributed by atoms with Crippen molar-refractivity contribution in [1.29, 1.82) is 0 Å². The van der Waals surface area contributed by atoms with Crippen molar-refractivity contribution in [3.8, 4) is 11.5 Å². The first-order valence-electron chi connectivity index (χ1n) is 8.29. The zero-order valence-electron chi connectivity index (χ0n) is 14.9. The molecule has 27 heavy (non-hydrogen) atoms. The maximum atomic E-state index is 13.6. The maximum absolute atomic E-state index is 13.6. The van der Waals surface area contributed by atoms with Gasteiger partial charge in [0.2, 0.25) is 0 Å². The summed E-state index contributed by atoms with van der Waals surface area (Å²) in [6.45, 7) is 2.28. The summed E-state index contributed by atoms with van der Waals surface area (Å²) >= 11 is 0. The first-order chi connectivity index (χ1) is 12.9. The molecule has 8 heteroatoms. The Kier molecular flexibility index (Phi) is 5.44. The van der Waals surface area contributed by atoms with E-state index in [1.807, 2.05) is 31.2 Å². The number of carbonyl (C=O) groups excluding carboxylic acids is 1. The Hall–Kier alpha value is -3.29. The maximum Gasteiger partial charge on any atom is 0.321 e. The molecule has 0 aliphatic carbocycles. The minimum atomic E-state index is -0.836. The number of anilines is 1. The SMILES string of the molecule is Cc1ccc(-c2nc(CCN(C)C(=O)Nc3ccc(F)cc3F)no2)cc1. The Morgan fingerprint density at radius 2 is 1.93 bits per heavy atom. The van der Waals surface area contributed by atoms with Crippen molar-refractivity contribution in [2.24, 2.45) is 0 Å². The number of hydrogen-bond acceptors (Lipinski definition) is 4. The fourth-order valence-electron chi connectivity index (χ4n) is 2.34. The van der Waals surface area contributed by atoms with Gasteiger partial charge in [-0.05, 0) is 31.2 Å². The van der Waals surface area contributed by atoms with Gasteiger partial charge in [-0.1, -0.05) is 22.9 Å². The van der Waals surface area contributed by atoms with Crippen molar-refractivity contribution in [2.45, 2.75) is 13.3 Å². The van der Waals surface area contributed by atoms with Crippen molar-refractivity contribution in [3.63, 3.8) is 0 Å². The van der Waals surface area contributed by atoms with Crippen LogP contribution in [-0.4, -0.2) is 34.7 Å². The van der Waals surface area contributed by atoms with E-state index in [1.54, 1.807) is 7.05 Å². The lowest BCUT2D eigenvalue weighted by molar-refractivity contribution is 0.222. The van der Waals surface area contributed by atoms with E-state index in [0.29, 0.717) is 30.7 Å². The molecule has 0 aliphatic rings. The topological polar surface area (TPSA) is 71.3 Å². The predicted octanol–water partition coefficient (Wildman–Crippen LogP) is 4.03. The second kappa shape index (κ2) is 7.94. The van der Waals surface area contributed by atoms with Crippen LogP contribution >= 0.6 is 0 Å². The van der Waals surface area contributed by atoms with Gasteiger partial charge >= 0.3 is 6.03 Å². The van der Waals surface area contributed by atoms with Crippen LogP contribution in [0.5, 0.6) is 0 Å². The van der Waals surface area contributed by atoms with E-state index in [0.717, 1.165) is 17.2 Å². The number of nitrogens with zero attached hydrogens (tertiary/aromatic N) is 3. The third kappa shape index (κ3) is 4.66. The first kappa shape index (κ1) is 18.5. The molecule has 1 N–H and O–H groups in total. The van der Waals surface area contributed by atoms with E-state index in [2.05, 4.69) is 15.5 Å².